The Balaban J connectivity index is 1.12. The van der Waals surface area contributed by atoms with Gasteiger partial charge in [-0.05, 0) is 41.0 Å². The van der Waals surface area contributed by atoms with E-state index in [2.05, 4.69) is 29.6 Å². The number of amides is 2. The minimum atomic E-state index is -0.817. The smallest absolute Gasteiger partial charge is 0.407 e. The summed E-state index contributed by atoms with van der Waals surface area (Å²) in [5.74, 6) is -0.669. The van der Waals surface area contributed by atoms with Crippen molar-refractivity contribution >= 4 is 18.0 Å². The molecule has 2 N–H and O–H groups in total. The van der Waals surface area contributed by atoms with E-state index < -0.39 is 12.1 Å². The summed E-state index contributed by atoms with van der Waals surface area (Å²) in [5, 5.41) is 11.8. The molecule has 178 valence electrons. The van der Waals surface area contributed by atoms with Gasteiger partial charge in [0.15, 0.2) is 0 Å². The molecule has 2 amide bonds. The van der Waals surface area contributed by atoms with E-state index in [9.17, 15) is 14.4 Å². The van der Waals surface area contributed by atoms with Crippen LogP contribution in [0.4, 0.5) is 4.79 Å². The van der Waals surface area contributed by atoms with Gasteiger partial charge in [0.25, 0.3) is 0 Å². The number of alkyl carbamates (subject to hydrolysis) is 1. The Labute approximate surface area is 199 Å². The zero-order chi connectivity index (χ0) is 23.7. The molecule has 0 aromatic heterocycles. The Bertz CT molecular complexity index is 1050. The number of ether oxygens (including phenoxy) is 1. The number of hydrogen-bond donors (Lipinski definition) is 2. The highest BCUT2D eigenvalue weighted by Gasteiger charge is 2.40. The molecule has 2 aromatic rings. The fraction of sp³-hybridized carbons (Fsp3) is 0.444. The lowest BCUT2D eigenvalue weighted by atomic mass is 9.90. The predicted octanol–water partition coefficient (Wildman–Crippen LogP) is 3.87. The molecular formula is C27H30N2O5. The van der Waals surface area contributed by atoms with Gasteiger partial charge in [-0.1, -0.05) is 55.0 Å². The molecule has 34 heavy (non-hydrogen) atoms. The maximum Gasteiger partial charge on any atom is 0.407 e. The van der Waals surface area contributed by atoms with Crippen molar-refractivity contribution < 1.29 is 24.2 Å². The molecule has 3 aliphatic rings. The number of carbonyl (C=O) groups is 3. The first kappa shape index (κ1) is 22.4. The molecule has 0 spiro atoms. The second-order valence-electron chi connectivity index (χ2n) is 9.71. The number of nitrogens with one attached hydrogen (secondary N) is 1. The largest absolute Gasteiger partial charge is 0.481 e. The fourth-order valence-corrected chi connectivity index (χ4v) is 5.83. The van der Waals surface area contributed by atoms with Crippen molar-refractivity contribution in [1.29, 1.82) is 0 Å². The number of carbonyl (C=O) groups excluding carboxylic acids is 2. The van der Waals surface area contributed by atoms with Crippen LogP contribution in [0.2, 0.25) is 0 Å². The van der Waals surface area contributed by atoms with E-state index in [1.165, 1.54) is 22.3 Å². The summed E-state index contributed by atoms with van der Waals surface area (Å²) in [4.78, 5) is 38.0. The van der Waals surface area contributed by atoms with Gasteiger partial charge in [0.1, 0.15) is 6.61 Å². The number of fused-ring (bicyclic) bond motifs is 3. The van der Waals surface area contributed by atoms with Crippen LogP contribution in [0.3, 0.4) is 0 Å². The Morgan fingerprint density at radius 2 is 1.62 bits per heavy atom. The average Bonchev–Trinajstić information content (AvgIpc) is 3.40. The summed E-state index contributed by atoms with van der Waals surface area (Å²) in [7, 11) is 0. The van der Waals surface area contributed by atoms with E-state index >= 15 is 0 Å². The number of likely N-dealkylation sites (tertiary alicyclic amines) is 1. The van der Waals surface area contributed by atoms with E-state index in [-0.39, 0.29) is 42.6 Å². The van der Waals surface area contributed by atoms with Gasteiger partial charge < -0.3 is 20.1 Å². The lowest BCUT2D eigenvalue weighted by Gasteiger charge is -2.40. The highest BCUT2D eigenvalue weighted by atomic mass is 16.5. The molecule has 1 heterocycles. The molecule has 5 rings (SSSR count). The highest BCUT2D eigenvalue weighted by Crippen LogP contribution is 2.44. The predicted molar refractivity (Wildman–Crippen MR) is 126 cm³/mol. The van der Waals surface area contributed by atoms with Gasteiger partial charge >= 0.3 is 12.1 Å². The first-order chi connectivity index (χ1) is 16.5. The van der Waals surface area contributed by atoms with Crippen molar-refractivity contribution in [3.63, 3.8) is 0 Å². The van der Waals surface area contributed by atoms with Crippen LogP contribution in [-0.4, -0.2) is 54.2 Å². The second-order valence-corrected chi connectivity index (χ2v) is 9.71. The number of rotatable bonds is 7. The molecule has 7 heteroatoms. The number of benzene rings is 2. The van der Waals surface area contributed by atoms with Gasteiger partial charge in [0, 0.05) is 37.4 Å². The third-order valence-electron chi connectivity index (χ3n) is 7.56. The Hall–Kier alpha value is -3.35. The topological polar surface area (TPSA) is 95.9 Å². The van der Waals surface area contributed by atoms with Crippen molar-refractivity contribution in [2.75, 3.05) is 26.2 Å². The van der Waals surface area contributed by atoms with Gasteiger partial charge in [-0.25, -0.2) is 4.79 Å². The molecule has 2 aromatic carbocycles. The zero-order valence-electron chi connectivity index (χ0n) is 19.1. The SMILES string of the molecule is O=C(O)CC1CN(C(=O)[C@@H]2CCC[C@@H]2CNC(=O)OCC2c3ccccc3-c3ccccc32)C1. The van der Waals surface area contributed by atoms with Crippen molar-refractivity contribution in [2.45, 2.75) is 31.6 Å². The van der Waals surface area contributed by atoms with Crippen molar-refractivity contribution in [3.05, 3.63) is 59.7 Å². The Morgan fingerprint density at radius 3 is 2.26 bits per heavy atom. The second kappa shape index (κ2) is 9.49. The molecular weight excluding hydrogens is 432 g/mol. The fourth-order valence-electron chi connectivity index (χ4n) is 5.83. The summed E-state index contributed by atoms with van der Waals surface area (Å²) in [6.45, 7) is 1.73. The number of nitrogens with zero attached hydrogens (tertiary/aromatic N) is 1. The highest BCUT2D eigenvalue weighted by molar-refractivity contribution is 5.81. The molecule has 2 aliphatic carbocycles. The summed E-state index contributed by atoms with van der Waals surface area (Å²) >= 11 is 0. The average molecular weight is 463 g/mol. The molecule has 7 nitrogen and oxygen atoms in total. The van der Waals surface area contributed by atoms with Crippen molar-refractivity contribution in [1.82, 2.24) is 10.2 Å². The van der Waals surface area contributed by atoms with Gasteiger partial charge in [-0.2, -0.15) is 0 Å². The van der Waals surface area contributed by atoms with E-state index in [0.29, 0.717) is 19.6 Å². The van der Waals surface area contributed by atoms with Crippen LogP contribution in [0.25, 0.3) is 11.1 Å². The first-order valence-corrected chi connectivity index (χ1v) is 12.1. The van der Waals surface area contributed by atoms with E-state index in [1.807, 2.05) is 24.3 Å². The summed E-state index contributed by atoms with van der Waals surface area (Å²) < 4.78 is 5.63. The molecule has 0 unspecified atom stereocenters. The van der Waals surface area contributed by atoms with E-state index in [1.54, 1.807) is 4.90 Å². The number of carboxylic acids is 1. The van der Waals surface area contributed by atoms with Crippen LogP contribution in [0.15, 0.2) is 48.5 Å². The van der Waals surface area contributed by atoms with Crippen molar-refractivity contribution in [2.24, 2.45) is 17.8 Å². The first-order valence-electron chi connectivity index (χ1n) is 12.1. The normalized spacial score (nSPS) is 21.5. The Morgan fingerprint density at radius 1 is 0.971 bits per heavy atom. The summed E-state index contributed by atoms with van der Waals surface area (Å²) in [6.07, 6.45) is 2.33. The maximum absolute atomic E-state index is 12.9. The van der Waals surface area contributed by atoms with Crippen LogP contribution >= 0.6 is 0 Å². The standard InChI is InChI=1S/C27H30N2O5/c30-25(31)12-17-14-29(15-17)26(32)19-11-5-6-18(19)13-28-27(33)34-16-24-22-9-3-1-7-20(22)21-8-2-4-10-23(21)24/h1-4,7-10,17-19,24H,5-6,11-16H2,(H,28,33)(H,30,31)/t18-,19-/m1/s1. The van der Waals surface area contributed by atoms with Crippen LogP contribution in [-0.2, 0) is 14.3 Å². The number of carboxylic acid groups (broad SMARTS) is 1. The molecule has 1 aliphatic heterocycles. The third-order valence-corrected chi connectivity index (χ3v) is 7.56. The van der Waals surface area contributed by atoms with Gasteiger partial charge in [0.05, 0.1) is 6.42 Å². The van der Waals surface area contributed by atoms with E-state index in [0.717, 1.165) is 19.3 Å². The molecule has 0 bridgehead atoms. The van der Waals surface area contributed by atoms with Crippen molar-refractivity contribution in [3.8, 4) is 11.1 Å². The number of aliphatic carboxylic acids is 1. The third kappa shape index (κ3) is 4.39. The van der Waals surface area contributed by atoms with Crippen LogP contribution in [0.1, 0.15) is 42.7 Å². The van der Waals surface area contributed by atoms with Gasteiger partial charge in [-0.15, -0.1) is 0 Å². The van der Waals surface area contributed by atoms with Gasteiger partial charge in [0.2, 0.25) is 5.91 Å². The molecule has 2 atom stereocenters. The zero-order valence-corrected chi connectivity index (χ0v) is 19.1. The Kier molecular flexibility index (Phi) is 6.26. The molecule has 1 saturated heterocycles. The monoisotopic (exact) mass is 462 g/mol. The quantitative estimate of drug-likeness (QED) is 0.651. The van der Waals surface area contributed by atoms with Crippen LogP contribution < -0.4 is 5.32 Å². The molecule has 2 fully saturated rings. The molecule has 1 saturated carbocycles. The minimum Gasteiger partial charge on any atom is -0.481 e. The maximum atomic E-state index is 12.9. The van der Waals surface area contributed by atoms with Crippen LogP contribution in [0, 0.1) is 17.8 Å². The molecule has 0 radical (unpaired) electrons. The summed E-state index contributed by atoms with van der Waals surface area (Å²) in [5.41, 5.74) is 4.73. The number of hydrogen-bond acceptors (Lipinski definition) is 4. The van der Waals surface area contributed by atoms with Gasteiger partial charge in [-0.3, -0.25) is 9.59 Å². The lowest BCUT2D eigenvalue weighted by molar-refractivity contribution is -0.148. The lowest BCUT2D eigenvalue weighted by Crippen LogP contribution is -2.53. The van der Waals surface area contributed by atoms with E-state index in [4.69, 9.17) is 9.84 Å². The summed E-state index contributed by atoms with van der Waals surface area (Å²) in [6, 6.07) is 16.5. The minimum absolute atomic E-state index is 0.0177. The van der Waals surface area contributed by atoms with Crippen LogP contribution in [0.5, 0.6) is 0 Å².